The molecule has 1 fully saturated rings. The molecule has 23 heavy (non-hydrogen) atoms. The molecule has 1 rings (SSSR count). The molecule has 0 spiro atoms. The summed E-state index contributed by atoms with van der Waals surface area (Å²) < 4.78 is 3.40. The molecular weight excluding hydrogens is 380 g/mol. The highest BCUT2D eigenvalue weighted by Crippen LogP contribution is 2.51. The van der Waals surface area contributed by atoms with E-state index < -0.39 is 50.7 Å². The first-order chi connectivity index (χ1) is 10.2. The first-order valence-corrected chi connectivity index (χ1v) is 7.21. The van der Waals surface area contributed by atoms with Gasteiger partial charge in [0.1, 0.15) is 0 Å². The van der Waals surface area contributed by atoms with Gasteiger partial charge in [-0.25, -0.2) is 0 Å². The maximum atomic E-state index is 12.1. The average molecular weight is 397 g/mol. The summed E-state index contributed by atoms with van der Waals surface area (Å²) >= 11 is 2.39. The number of carbonyl (C=O) groups excluding carboxylic acids is 4. The second-order valence-electron chi connectivity index (χ2n) is 5.66. The lowest BCUT2D eigenvalue weighted by Crippen LogP contribution is -2.89. The van der Waals surface area contributed by atoms with Crippen molar-refractivity contribution in [3.05, 3.63) is 0 Å². The maximum absolute atomic E-state index is 12.1. The Labute approximate surface area is 139 Å². The summed E-state index contributed by atoms with van der Waals surface area (Å²) in [6, 6.07) is 0. The number of hydrogen-bond acceptors (Lipinski definition) is 9. The summed E-state index contributed by atoms with van der Waals surface area (Å²) in [6.45, 7) is 2.87. The first-order valence-electron chi connectivity index (χ1n) is 6.41. The van der Waals surface area contributed by atoms with Crippen LogP contribution in [-0.2, 0) is 23.9 Å². The van der Waals surface area contributed by atoms with Crippen molar-refractivity contribution in [1.82, 2.24) is 0 Å². The van der Waals surface area contributed by atoms with Crippen LogP contribution in [0.3, 0.4) is 0 Å². The van der Waals surface area contributed by atoms with E-state index in [0.717, 1.165) is 13.8 Å². The minimum absolute atomic E-state index is 0.693. The molecule has 0 amide bonds. The minimum Gasteiger partial charge on any atom is -0.381 e. The lowest BCUT2D eigenvalue weighted by Gasteiger charge is -2.59. The number of carbonyl (C=O) groups is 4. The van der Waals surface area contributed by atoms with Crippen molar-refractivity contribution in [2.24, 2.45) is 0 Å². The smallest absolute Gasteiger partial charge is 0.240 e. The van der Waals surface area contributed by atoms with Gasteiger partial charge in [-0.2, -0.15) is 0 Å². The van der Waals surface area contributed by atoms with Gasteiger partial charge in [-0.3, -0.25) is 19.2 Å². The average Bonchev–Trinajstić information content (AvgIpc) is 2.39. The Hall–Kier alpha value is -1.04. The first kappa shape index (κ1) is 20.0. The number of hydrogen-bond donors (Lipinski definition) is 4. The third-order valence-electron chi connectivity index (χ3n) is 4.33. The zero-order valence-electron chi connectivity index (χ0n) is 12.8. The van der Waals surface area contributed by atoms with E-state index in [2.05, 4.69) is 15.9 Å². The van der Waals surface area contributed by atoms with Crippen molar-refractivity contribution in [2.45, 2.75) is 56.4 Å². The molecule has 10 heteroatoms. The van der Waals surface area contributed by atoms with Crippen molar-refractivity contribution in [2.75, 3.05) is 0 Å². The van der Waals surface area contributed by atoms with Crippen LogP contribution in [0, 0.1) is 0 Å². The van der Waals surface area contributed by atoms with E-state index in [1.54, 1.807) is 0 Å². The van der Waals surface area contributed by atoms with Crippen LogP contribution in [0.5, 0.6) is 0 Å². The number of rotatable bonds is 4. The Morgan fingerprint density at radius 1 is 0.913 bits per heavy atom. The fraction of sp³-hybridized carbons (Fsp3) is 0.692. The summed E-state index contributed by atoms with van der Waals surface area (Å²) in [6.07, 6.45) is -2.44. The number of aliphatic hydroxyl groups excluding tert-OH is 1. The van der Waals surface area contributed by atoms with Gasteiger partial charge in [0, 0.05) is 0 Å². The van der Waals surface area contributed by atoms with Crippen molar-refractivity contribution >= 4 is 38.0 Å². The molecule has 0 aromatic heterocycles. The van der Waals surface area contributed by atoms with Crippen LogP contribution in [0.15, 0.2) is 0 Å². The van der Waals surface area contributed by atoms with E-state index in [0.29, 0.717) is 13.8 Å². The zero-order chi connectivity index (χ0) is 18.6. The van der Waals surface area contributed by atoms with E-state index in [-0.39, 0.29) is 0 Å². The van der Waals surface area contributed by atoms with Gasteiger partial charge in [0.25, 0.3) is 0 Å². The Kier molecular flexibility index (Phi) is 4.79. The highest BCUT2D eigenvalue weighted by atomic mass is 79.9. The number of ketones is 3. The molecule has 0 aliphatic carbocycles. The van der Waals surface area contributed by atoms with Crippen LogP contribution in [0.1, 0.15) is 27.7 Å². The van der Waals surface area contributed by atoms with Crippen LogP contribution in [0.25, 0.3) is 0 Å². The molecule has 1 aliphatic heterocycles. The van der Waals surface area contributed by atoms with E-state index in [9.17, 15) is 39.6 Å². The molecule has 0 radical (unpaired) electrons. The molecule has 4 N–H and O–H groups in total. The van der Waals surface area contributed by atoms with Gasteiger partial charge in [-0.15, -0.1) is 0 Å². The van der Waals surface area contributed by atoms with Crippen LogP contribution < -0.4 is 0 Å². The quantitative estimate of drug-likeness (QED) is 0.310. The van der Waals surface area contributed by atoms with Crippen molar-refractivity contribution in [3.8, 4) is 0 Å². The van der Waals surface area contributed by atoms with Crippen molar-refractivity contribution < 1.29 is 44.3 Å². The zero-order valence-corrected chi connectivity index (χ0v) is 14.4. The van der Waals surface area contributed by atoms with Crippen molar-refractivity contribution in [1.29, 1.82) is 0 Å². The SMILES string of the molecule is CC(=O)C1(C(=O)Br)OC(O)C(C)(O)C(O)(C(C)=O)C1(O)C(C)=O. The summed E-state index contributed by atoms with van der Waals surface area (Å²) in [5.74, 6) is -4.03. The fourth-order valence-corrected chi connectivity index (χ4v) is 3.61. The molecule has 1 saturated heterocycles. The van der Waals surface area contributed by atoms with E-state index >= 15 is 0 Å². The van der Waals surface area contributed by atoms with Gasteiger partial charge in [0.2, 0.25) is 15.9 Å². The number of aliphatic hydroxyl groups is 4. The molecular formula is C13H17BrO9. The lowest BCUT2D eigenvalue weighted by atomic mass is 9.57. The molecule has 5 unspecified atom stereocenters. The topological polar surface area (TPSA) is 158 Å². The summed E-state index contributed by atoms with van der Waals surface area (Å²) in [7, 11) is 0. The minimum atomic E-state index is -3.49. The van der Waals surface area contributed by atoms with Gasteiger partial charge < -0.3 is 25.2 Å². The third kappa shape index (κ3) is 2.03. The summed E-state index contributed by atoms with van der Waals surface area (Å²) in [4.78, 5) is 48.1. The molecule has 9 nitrogen and oxygen atoms in total. The molecule has 1 aliphatic rings. The van der Waals surface area contributed by atoms with E-state index in [4.69, 9.17) is 4.74 Å². The second-order valence-corrected chi connectivity index (χ2v) is 6.38. The van der Waals surface area contributed by atoms with Crippen LogP contribution in [0.2, 0.25) is 0 Å². The Balaban J connectivity index is 4.06. The summed E-state index contributed by atoms with van der Waals surface area (Å²) in [5.41, 5.74) is -12.9. The van der Waals surface area contributed by atoms with Gasteiger partial charge >= 0.3 is 0 Å². The molecule has 0 aromatic carbocycles. The Bertz CT molecular complexity index is 584. The molecule has 1 heterocycles. The highest BCUT2D eigenvalue weighted by molar-refractivity contribution is 9.18. The molecule has 0 bridgehead atoms. The largest absolute Gasteiger partial charge is 0.381 e. The lowest BCUT2D eigenvalue weighted by molar-refractivity contribution is -0.373. The highest BCUT2D eigenvalue weighted by Gasteiger charge is 2.83. The molecule has 0 saturated carbocycles. The predicted molar refractivity (Wildman–Crippen MR) is 76.3 cm³/mol. The Morgan fingerprint density at radius 3 is 1.57 bits per heavy atom. The van der Waals surface area contributed by atoms with Gasteiger partial charge in [0.15, 0.2) is 34.8 Å². The number of Topliss-reactive ketones (excluding diaryl/α,β-unsaturated/α-hetero) is 3. The standard InChI is InChI=1S/C13H17BrO9/c1-5(15)11(8(14)18)13(22,7(3)17)12(21,6(2)16)10(4,20)9(19)23-11/h9,19-22H,1-4H3. The van der Waals surface area contributed by atoms with Gasteiger partial charge in [0.05, 0.1) is 0 Å². The molecule has 0 aromatic rings. The number of ether oxygens (including phenoxy) is 1. The molecule has 5 atom stereocenters. The fourth-order valence-electron chi connectivity index (χ4n) is 2.95. The molecule has 130 valence electrons. The normalized spacial score (nSPS) is 43.8. The second kappa shape index (κ2) is 5.50. The van der Waals surface area contributed by atoms with Crippen molar-refractivity contribution in [3.63, 3.8) is 0 Å². The van der Waals surface area contributed by atoms with E-state index in [1.165, 1.54) is 0 Å². The monoisotopic (exact) mass is 396 g/mol. The van der Waals surface area contributed by atoms with Gasteiger partial charge in [-0.1, -0.05) is 0 Å². The predicted octanol–water partition coefficient (Wildman–Crippen LogP) is -2.02. The maximum Gasteiger partial charge on any atom is 0.240 e. The van der Waals surface area contributed by atoms with Crippen LogP contribution in [0.4, 0.5) is 0 Å². The van der Waals surface area contributed by atoms with Crippen LogP contribution >= 0.6 is 15.9 Å². The van der Waals surface area contributed by atoms with Crippen LogP contribution in [-0.4, -0.2) is 71.2 Å². The van der Waals surface area contributed by atoms with Gasteiger partial charge in [-0.05, 0) is 43.6 Å². The Morgan fingerprint density at radius 2 is 1.30 bits per heavy atom. The number of halogens is 1. The summed E-state index contributed by atoms with van der Waals surface area (Å²) in [5, 5.41) is 41.8. The van der Waals surface area contributed by atoms with E-state index in [1.807, 2.05) is 0 Å². The third-order valence-corrected chi connectivity index (χ3v) is 4.88.